The molecular formula is C16H21N3O2. The van der Waals surface area contributed by atoms with E-state index in [0.717, 1.165) is 48.6 Å². The molecule has 2 fully saturated rings. The average Bonchev–Trinajstić information content (AvgIpc) is 2.85. The quantitative estimate of drug-likeness (QED) is 0.774. The van der Waals surface area contributed by atoms with E-state index in [2.05, 4.69) is 10.2 Å². The van der Waals surface area contributed by atoms with Crippen molar-refractivity contribution in [2.24, 2.45) is 0 Å². The molecule has 3 N–H and O–H groups in total. The minimum absolute atomic E-state index is 0.0547. The molecule has 3 aliphatic rings. The summed E-state index contributed by atoms with van der Waals surface area (Å²) in [7, 11) is 0. The standard InChI is InChI=1S/C16H21N3O2/c17-11-7-10-8-16(20)18-12(10)9-14(11)19-5-6-21-15-4-2-1-3-13(15)19/h7,9,13,15H,1-6,8,17H2,(H,18,20). The summed E-state index contributed by atoms with van der Waals surface area (Å²) in [5.74, 6) is 0.0547. The van der Waals surface area contributed by atoms with Crippen molar-refractivity contribution in [3.8, 4) is 0 Å². The SMILES string of the molecule is Nc1cc2c(cc1N1CCOC3CCCCC31)NC(=O)C2. The van der Waals surface area contributed by atoms with E-state index in [1.54, 1.807) is 0 Å². The van der Waals surface area contributed by atoms with Gasteiger partial charge in [-0.2, -0.15) is 0 Å². The van der Waals surface area contributed by atoms with Gasteiger partial charge >= 0.3 is 0 Å². The lowest BCUT2D eigenvalue weighted by Gasteiger charge is -2.45. The van der Waals surface area contributed by atoms with Gasteiger partial charge in [0.05, 0.1) is 36.5 Å². The van der Waals surface area contributed by atoms with Gasteiger partial charge in [0.15, 0.2) is 0 Å². The van der Waals surface area contributed by atoms with Crippen molar-refractivity contribution < 1.29 is 9.53 Å². The molecule has 0 aromatic heterocycles. The second-order valence-corrected chi connectivity index (χ2v) is 6.25. The third kappa shape index (κ3) is 2.16. The zero-order chi connectivity index (χ0) is 14.4. The van der Waals surface area contributed by atoms with Crippen LogP contribution in [0.25, 0.3) is 0 Å². The number of hydrogen-bond donors (Lipinski definition) is 2. The number of carbonyl (C=O) groups is 1. The predicted molar refractivity (Wildman–Crippen MR) is 82.5 cm³/mol. The number of nitrogen functional groups attached to an aromatic ring is 1. The highest BCUT2D eigenvalue weighted by Crippen LogP contribution is 2.38. The maximum Gasteiger partial charge on any atom is 0.228 e. The lowest BCUT2D eigenvalue weighted by atomic mass is 9.89. The summed E-state index contributed by atoms with van der Waals surface area (Å²) in [4.78, 5) is 13.9. The molecule has 1 aliphatic carbocycles. The van der Waals surface area contributed by atoms with Crippen molar-refractivity contribution in [3.05, 3.63) is 17.7 Å². The minimum Gasteiger partial charge on any atom is -0.397 e. The Kier molecular flexibility index (Phi) is 3.03. The van der Waals surface area contributed by atoms with Crippen LogP contribution in [0.2, 0.25) is 0 Å². The summed E-state index contributed by atoms with van der Waals surface area (Å²) in [6.07, 6.45) is 5.58. The van der Waals surface area contributed by atoms with Crippen LogP contribution in [-0.4, -0.2) is 31.2 Å². The van der Waals surface area contributed by atoms with E-state index in [-0.39, 0.29) is 5.91 Å². The molecule has 0 spiro atoms. The van der Waals surface area contributed by atoms with Gasteiger partial charge in [0, 0.05) is 12.2 Å². The first-order valence-corrected chi connectivity index (χ1v) is 7.83. The molecule has 2 aliphatic heterocycles. The summed E-state index contributed by atoms with van der Waals surface area (Å²) >= 11 is 0. The van der Waals surface area contributed by atoms with Crippen LogP contribution < -0.4 is 16.0 Å². The summed E-state index contributed by atoms with van der Waals surface area (Å²) in [6, 6.07) is 4.42. The third-order valence-corrected chi connectivity index (χ3v) is 4.92. The minimum atomic E-state index is 0.0547. The Morgan fingerprint density at radius 2 is 2.14 bits per heavy atom. The van der Waals surface area contributed by atoms with Crippen LogP contribution in [0.15, 0.2) is 12.1 Å². The zero-order valence-electron chi connectivity index (χ0n) is 12.1. The third-order valence-electron chi connectivity index (χ3n) is 4.92. The topological polar surface area (TPSA) is 67.6 Å². The van der Waals surface area contributed by atoms with Gasteiger partial charge in [-0.1, -0.05) is 12.8 Å². The molecular weight excluding hydrogens is 266 g/mol. The predicted octanol–water partition coefficient (Wildman–Crippen LogP) is 1.91. The number of fused-ring (bicyclic) bond motifs is 2. The van der Waals surface area contributed by atoms with Crippen LogP contribution in [0, 0.1) is 0 Å². The molecule has 21 heavy (non-hydrogen) atoms. The first-order chi connectivity index (χ1) is 10.2. The lowest BCUT2D eigenvalue weighted by molar-refractivity contribution is -0.115. The Hall–Kier alpha value is -1.75. The first-order valence-electron chi connectivity index (χ1n) is 7.83. The molecule has 2 atom stereocenters. The van der Waals surface area contributed by atoms with Crippen LogP contribution in [-0.2, 0) is 16.0 Å². The van der Waals surface area contributed by atoms with E-state index >= 15 is 0 Å². The van der Waals surface area contributed by atoms with Gasteiger partial charge < -0.3 is 20.7 Å². The van der Waals surface area contributed by atoms with E-state index in [9.17, 15) is 4.79 Å². The number of nitrogens with zero attached hydrogens (tertiary/aromatic N) is 1. The second-order valence-electron chi connectivity index (χ2n) is 6.25. The number of morpholine rings is 1. The molecule has 5 heteroatoms. The zero-order valence-corrected chi connectivity index (χ0v) is 12.1. The van der Waals surface area contributed by atoms with Crippen molar-refractivity contribution in [3.63, 3.8) is 0 Å². The summed E-state index contributed by atoms with van der Waals surface area (Å²) < 4.78 is 5.93. The highest BCUT2D eigenvalue weighted by molar-refractivity contribution is 6.01. The van der Waals surface area contributed by atoms with Crippen LogP contribution in [0.4, 0.5) is 17.1 Å². The Morgan fingerprint density at radius 3 is 3.05 bits per heavy atom. The summed E-state index contributed by atoms with van der Waals surface area (Å²) in [5.41, 5.74) is 10.0. The molecule has 0 bridgehead atoms. The summed E-state index contributed by atoms with van der Waals surface area (Å²) in [5, 5.41) is 2.92. The first kappa shape index (κ1) is 13.0. The Bertz CT molecular complexity index is 585. The van der Waals surface area contributed by atoms with Crippen molar-refractivity contribution in [2.75, 3.05) is 29.1 Å². The molecule has 1 aromatic rings. The number of carbonyl (C=O) groups excluding carboxylic acids is 1. The molecule has 2 heterocycles. The van der Waals surface area contributed by atoms with Crippen LogP contribution in [0.3, 0.4) is 0 Å². The largest absolute Gasteiger partial charge is 0.397 e. The van der Waals surface area contributed by atoms with E-state index in [0.29, 0.717) is 18.6 Å². The van der Waals surface area contributed by atoms with Gasteiger partial charge in [-0.05, 0) is 30.5 Å². The van der Waals surface area contributed by atoms with Crippen molar-refractivity contribution in [1.82, 2.24) is 0 Å². The fraction of sp³-hybridized carbons (Fsp3) is 0.562. The van der Waals surface area contributed by atoms with Gasteiger partial charge in [0.25, 0.3) is 0 Å². The van der Waals surface area contributed by atoms with Crippen molar-refractivity contribution >= 4 is 23.0 Å². The normalized spacial score (nSPS) is 28.0. The van der Waals surface area contributed by atoms with E-state index in [1.807, 2.05) is 12.1 Å². The molecule has 2 unspecified atom stereocenters. The Morgan fingerprint density at radius 1 is 1.29 bits per heavy atom. The Labute approximate surface area is 124 Å². The summed E-state index contributed by atoms with van der Waals surface area (Å²) in [6.45, 7) is 1.63. The monoisotopic (exact) mass is 287 g/mol. The van der Waals surface area contributed by atoms with Crippen LogP contribution >= 0.6 is 0 Å². The molecule has 1 saturated heterocycles. The maximum absolute atomic E-state index is 11.5. The van der Waals surface area contributed by atoms with Crippen molar-refractivity contribution in [1.29, 1.82) is 0 Å². The molecule has 4 rings (SSSR count). The fourth-order valence-corrected chi connectivity index (χ4v) is 3.93. The van der Waals surface area contributed by atoms with E-state index in [4.69, 9.17) is 10.5 Å². The molecule has 112 valence electrons. The highest BCUT2D eigenvalue weighted by atomic mass is 16.5. The van der Waals surface area contributed by atoms with Gasteiger partial charge in [0.2, 0.25) is 5.91 Å². The maximum atomic E-state index is 11.5. The fourth-order valence-electron chi connectivity index (χ4n) is 3.93. The molecule has 1 amide bonds. The number of nitrogens with two attached hydrogens (primary N) is 1. The second kappa shape index (κ2) is 4.91. The van der Waals surface area contributed by atoms with E-state index in [1.165, 1.54) is 12.8 Å². The molecule has 1 aromatic carbocycles. The molecule has 5 nitrogen and oxygen atoms in total. The lowest BCUT2D eigenvalue weighted by Crippen LogP contribution is -2.53. The number of amides is 1. The average molecular weight is 287 g/mol. The van der Waals surface area contributed by atoms with Gasteiger partial charge in [0.1, 0.15) is 0 Å². The number of ether oxygens (including phenoxy) is 1. The molecule has 1 saturated carbocycles. The van der Waals surface area contributed by atoms with Crippen LogP contribution in [0.5, 0.6) is 0 Å². The number of benzene rings is 1. The number of hydrogen-bond acceptors (Lipinski definition) is 4. The van der Waals surface area contributed by atoms with Crippen molar-refractivity contribution in [2.45, 2.75) is 44.2 Å². The van der Waals surface area contributed by atoms with Gasteiger partial charge in [-0.3, -0.25) is 4.79 Å². The van der Waals surface area contributed by atoms with E-state index < -0.39 is 0 Å². The number of rotatable bonds is 1. The number of anilines is 3. The smallest absolute Gasteiger partial charge is 0.228 e. The Balaban J connectivity index is 1.69. The van der Waals surface area contributed by atoms with Crippen LogP contribution in [0.1, 0.15) is 31.2 Å². The molecule has 0 radical (unpaired) electrons. The van der Waals surface area contributed by atoms with Gasteiger partial charge in [-0.25, -0.2) is 0 Å². The number of nitrogens with one attached hydrogen (secondary N) is 1. The van der Waals surface area contributed by atoms with Gasteiger partial charge in [-0.15, -0.1) is 0 Å². The highest BCUT2D eigenvalue weighted by Gasteiger charge is 2.35.